The van der Waals surface area contributed by atoms with Crippen LogP contribution in [0.15, 0.2) is 18.2 Å². The molecule has 0 radical (unpaired) electrons. The maximum Gasteiger partial charge on any atom is 0.306 e. The van der Waals surface area contributed by atoms with E-state index in [-0.39, 0.29) is 11.7 Å². The zero-order valence-corrected chi connectivity index (χ0v) is 7.66. The van der Waals surface area contributed by atoms with Gasteiger partial charge in [0, 0.05) is 0 Å². The highest BCUT2D eigenvalue weighted by molar-refractivity contribution is 5.71. The average Bonchev–Trinajstić information content (AvgIpc) is 2.16. The normalized spacial score (nSPS) is 20.2. The molecule has 0 spiro atoms. The van der Waals surface area contributed by atoms with Crippen molar-refractivity contribution in [2.45, 2.75) is 19.3 Å². The molecule has 1 atom stereocenters. The molecule has 1 N–H and O–H groups in total. The van der Waals surface area contributed by atoms with Gasteiger partial charge in [-0.05, 0) is 42.5 Å². The third-order valence-electron chi connectivity index (χ3n) is 2.75. The van der Waals surface area contributed by atoms with Gasteiger partial charge in [-0.1, -0.05) is 6.07 Å². The Morgan fingerprint density at radius 1 is 1.43 bits per heavy atom. The van der Waals surface area contributed by atoms with Crippen LogP contribution in [0.2, 0.25) is 0 Å². The van der Waals surface area contributed by atoms with Crippen molar-refractivity contribution in [3.05, 3.63) is 35.1 Å². The summed E-state index contributed by atoms with van der Waals surface area (Å²) in [5.74, 6) is -1.29. The van der Waals surface area contributed by atoms with Gasteiger partial charge in [0.05, 0.1) is 5.92 Å². The molecular formula is C11H11FO2. The van der Waals surface area contributed by atoms with Crippen molar-refractivity contribution in [3.63, 3.8) is 0 Å². The molecule has 0 fully saturated rings. The molecule has 1 aromatic rings. The van der Waals surface area contributed by atoms with Crippen LogP contribution in [-0.4, -0.2) is 11.1 Å². The first-order valence-corrected chi connectivity index (χ1v) is 4.67. The van der Waals surface area contributed by atoms with Crippen molar-refractivity contribution < 1.29 is 14.3 Å². The van der Waals surface area contributed by atoms with Crippen LogP contribution in [0.3, 0.4) is 0 Å². The fourth-order valence-electron chi connectivity index (χ4n) is 1.93. The Morgan fingerprint density at radius 2 is 2.21 bits per heavy atom. The van der Waals surface area contributed by atoms with E-state index in [1.807, 2.05) is 0 Å². The van der Waals surface area contributed by atoms with Gasteiger partial charge in [-0.25, -0.2) is 4.39 Å². The maximum absolute atomic E-state index is 12.8. The lowest BCUT2D eigenvalue weighted by Crippen LogP contribution is -2.22. The Morgan fingerprint density at radius 3 is 2.93 bits per heavy atom. The van der Waals surface area contributed by atoms with Gasteiger partial charge in [0.2, 0.25) is 0 Å². The summed E-state index contributed by atoms with van der Waals surface area (Å²) in [6, 6.07) is 4.59. The van der Waals surface area contributed by atoms with Gasteiger partial charge in [0.1, 0.15) is 5.82 Å². The number of carboxylic acid groups (broad SMARTS) is 1. The summed E-state index contributed by atoms with van der Waals surface area (Å²) >= 11 is 0. The van der Waals surface area contributed by atoms with Crippen molar-refractivity contribution in [2.24, 2.45) is 5.92 Å². The Hall–Kier alpha value is -1.38. The van der Waals surface area contributed by atoms with Gasteiger partial charge >= 0.3 is 5.97 Å². The van der Waals surface area contributed by atoms with E-state index in [0.29, 0.717) is 19.3 Å². The second kappa shape index (κ2) is 3.40. The molecule has 14 heavy (non-hydrogen) atoms. The number of fused-ring (bicyclic) bond motifs is 1. The minimum Gasteiger partial charge on any atom is -0.481 e. The number of benzene rings is 1. The van der Waals surface area contributed by atoms with Crippen LogP contribution in [0.4, 0.5) is 4.39 Å². The minimum atomic E-state index is -0.750. The Balaban J connectivity index is 2.27. The van der Waals surface area contributed by atoms with E-state index in [1.165, 1.54) is 12.1 Å². The summed E-state index contributed by atoms with van der Waals surface area (Å²) in [5.41, 5.74) is 1.94. The molecular weight excluding hydrogens is 183 g/mol. The Kier molecular flexibility index (Phi) is 2.23. The lowest BCUT2D eigenvalue weighted by Gasteiger charge is -2.21. The van der Waals surface area contributed by atoms with Crippen LogP contribution in [0, 0.1) is 11.7 Å². The molecule has 0 saturated carbocycles. The van der Waals surface area contributed by atoms with Gasteiger partial charge < -0.3 is 5.11 Å². The van der Waals surface area contributed by atoms with Gasteiger partial charge in [0.15, 0.2) is 0 Å². The lowest BCUT2D eigenvalue weighted by atomic mass is 9.84. The number of hydrogen-bond donors (Lipinski definition) is 1. The van der Waals surface area contributed by atoms with Crippen molar-refractivity contribution in [3.8, 4) is 0 Å². The van der Waals surface area contributed by atoms with E-state index >= 15 is 0 Å². The van der Waals surface area contributed by atoms with Crippen molar-refractivity contribution >= 4 is 5.97 Å². The zero-order valence-electron chi connectivity index (χ0n) is 7.66. The fraction of sp³-hybridized carbons (Fsp3) is 0.364. The topological polar surface area (TPSA) is 37.3 Å². The second-order valence-electron chi connectivity index (χ2n) is 3.69. The van der Waals surface area contributed by atoms with Crippen molar-refractivity contribution in [2.75, 3.05) is 0 Å². The Labute approximate surface area is 81.4 Å². The molecule has 0 heterocycles. The van der Waals surface area contributed by atoms with Crippen LogP contribution in [0.1, 0.15) is 17.5 Å². The van der Waals surface area contributed by atoms with E-state index in [9.17, 15) is 9.18 Å². The van der Waals surface area contributed by atoms with Gasteiger partial charge in [-0.15, -0.1) is 0 Å². The monoisotopic (exact) mass is 194 g/mol. The molecule has 0 aromatic heterocycles. The second-order valence-corrected chi connectivity index (χ2v) is 3.69. The number of carbonyl (C=O) groups is 1. The van der Waals surface area contributed by atoms with E-state index < -0.39 is 5.97 Å². The molecule has 0 saturated heterocycles. The van der Waals surface area contributed by atoms with Crippen LogP contribution >= 0.6 is 0 Å². The quantitative estimate of drug-likeness (QED) is 0.742. The highest BCUT2D eigenvalue weighted by Gasteiger charge is 2.24. The lowest BCUT2D eigenvalue weighted by molar-refractivity contribution is -0.142. The third-order valence-corrected chi connectivity index (χ3v) is 2.75. The summed E-state index contributed by atoms with van der Waals surface area (Å²) in [5, 5.41) is 8.84. The van der Waals surface area contributed by atoms with E-state index in [4.69, 9.17) is 5.11 Å². The molecule has 2 rings (SSSR count). The molecule has 74 valence electrons. The number of rotatable bonds is 1. The highest BCUT2D eigenvalue weighted by atomic mass is 19.1. The number of aryl methyl sites for hydroxylation is 1. The zero-order chi connectivity index (χ0) is 10.1. The largest absolute Gasteiger partial charge is 0.481 e. The summed E-state index contributed by atoms with van der Waals surface area (Å²) in [6.07, 6.45) is 1.82. The predicted octanol–water partition coefficient (Wildman–Crippen LogP) is 2.02. The molecule has 1 aromatic carbocycles. The van der Waals surface area contributed by atoms with Gasteiger partial charge in [-0.2, -0.15) is 0 Å². The molecule has 0 unspecified atom stereocenters. The number of aliphatic carboxylic acids is 1. The van der Waals surface area contributed by atoms with Crippen LogP contribution in [-0.2, 0) is 17.6 Å². The van der Waals surface area contributed by atoms with Crippen LogP contribution in [0.25, 0.3) is 0 Å². The number of halogens is 1. The van der Waals surface area contributed by atoms with Crippen molar-refractivity contribution in [1.82, 2.24) is 0 Å². The Bertz CT molecular complexity index is 374. The molecule has 0 aliphatic heterocycles. The first kappa shape index (κ1) is 9.19. The summed E-state index contributed by atoms with van der Waals surface area (Å²) < 4.78 is 12.8. The van der Waals surface area contributed by atoms with Crippen molar-refractivity contribution in [1.29, 1.82) is 0 Å². The molecule has 1 aliphatic rings. The minimum absolute atomic E-state index is 0.238. The first-order valence-electron chi connectivity index (χ1n) is 4.67. The standard InChI is InChI=1S/C11H11FO2/c12-10-4-3-7-5-9(11(13)14)2-1-8(7)6-10/h3-4,6,9H,1-2,5H2,(H,13,14)/t9-/m0/s1. The van der Waals surface area contributed by atoms with E-state index in [1.54, 1.807) is 6.07 Å². The highest BCUT2D eigenvalue weighted by Crippen LogP contribution is 2.26. The third kappa shape index (κ3) is 1.62. The average molecular weight is 194 g/mol. The fourth-order valence-corrected chi connectivity index (χ4v) is 1.93. The van der Waals surface area contributed by atoms with E-state index in [2.05, 4.69) is 0 Å². The maximum atomic E-state index is 12.8. The summed E-state index contributed by atoms with van der Waals surface area (Å²) in [6.45, 7) is 0. The number of carboxylic acids is 1. The summed E-state index contributed by atoms with van der Waals surface area (Å²) in [4.78, 5) is 10.8. The smallest absolute Gasteiger partial charge is 0.306 e. The molecule has 2 nitrogen and oxygen atoms in total. The number of hydrogen-bond acceptors (Lipinski definition) is 1. The molecule has 1 aliphatic carbocycles. The SMILES string of the molecule is O=C(O)[C@H]1CCc2cc(F)ccc2C1. The predicted molar refractivity (Wildman–Crippen MR) is 49.6 cm³/mol. The molecule has 0 bridgehead atoms. The van der Waals surface area contributed by atoms with Gasteiger partial charge in [0.25, 0.3) is 0 Å². The molecule has 3 heteroatoms. The van der Waals surface area contributed by atoms with Gasteiger partial charge in [-0.3, -0.25) is 4.79 Å². The van der Waals surface area contributed by atoms with Crippen LogP contribution in [0.5, 0.6) is 0 Å². The van der Waals surface area contributed by atoms with Crippen LogP contribution < -0.4 is 0 Å². The first-order chi connectivity index (χ1) is 6.66. The molecule has 0 amide bonds. The van der Waals surface area contributed by atoms with E-state index in [0.717, 1.165) is 11.1 Å². The summed E-state index contributed by atoms with van der Waals surface area (Å²) in [7, 11) is 0.